The summed E-state index contributed by atoms with van der Waals surface area (Å²) in [5.74, 6) is 1.06. The predicted molar refractivity (Wildman–Crippen MR) is 117 cm³/mol. The molecule has 1 saturated carbocycles. The second-order valence-electron chi connectivity index (χ2n) is 7.58. The van der Waals surface area contributed by atoms with Crippen molar-refractivity contribution in [3.05, 3.63) is 35.4 Å². The van der Waals surface area contributed by atoms with Gasteiger partial charge in [0.25, 0.3) is 0 Å². The van der Waals surface area contributed by atoms with E-state index in [1.807, 2.05) is 7.05 Å². The molecule has 1 aliphatic carbocycles. The molecule has 0 radical (unpaired) electrons. The Bertz CT molecular complexity index is 583. The smallest absolute Gasteiger partial charge is 0.193 e. The van der Waals surface area contributed by atoms with Crippen molar-refractivity contribution in [2.24, 2.45) is 10.4 Å². The lowest BCUT2D eigenvalue weighted by Crippen LogP contribution is -2.42. The maximum atomic E-state index is 4.52. The highest BCUT2D eigenvalue weighted by atomic mass is 127. The Kier molecular flexibility index (Phi) is 7.55. The zero-order chi connectivity index (χ0) is 17.0. The van der Waals surface area contributed by atoms with Gasteiger partial charge in [0, 0.05) is 33.2 Å². The zero-order valence-electron chi connectivity index (χ0n) is 15.9. The number of halogens is 1. The van der Waals surface area contributed by atoms with Crippen molar-refractivity contribution < 1.29 is 0 Å². The maximum Gasteiger partial charge on any atom is 0.193 e. The van der Waals surface area contributed by atoms with Crippen LogP contribution in [0.4, 0.5) is 0 Å². The molecule has 140 valence electrons. The molecule has 1 heterocycles. The van der Waals surface area contributed by atoms with Crippen LogP contribution in [0.5, 0.6) is 0 Å². The third-order valence-corrected chi connectivity index (χ3v) is 5.80. The predicted octanol–water partition coefficient (Wildman–Crippen LogP) is 3.71. The van der Waals surface area contributed by atoms with Crippen LogP contribution in [0.15, 0.2) is 29.3 Å². The van der Waals surface area contributed by atoms with E-state index in [1.165, 1.54) is 43.4 Å². The molecule has 2 fully saturated rings. The summed E-state index contributed by atoms with van der Waals surface area (Å²) < 4.78 is 0. The van der Waals surface area contributed by atoms with Crippen LogP contribution in [0.1, 0.15) is 43.7 Å². The lowest BCUT2D eigenvalue weighted by Gasteiger charge is -2.38. The summed E-state index contributed by atoms with van der Waals surface area (Å²) in [6.45, 7) is 7.47. The Morgan fingerprint density at radius 1 is 1.28 bits per heavy atom. The number of aliphatic imine (C=N–C) groups is 1. The van der Waals surface area contributed by atoms with Gasteiger partial charge in [-0.1, -0.05) is 37.6 Å². The summed E-state index contributed by atoms with van der Waals surface area (Å²) in [7, 11) is 4.07. The fourth-order valence-electron chi connectivity index (χ4n) is 3.98. The second kappa shape index (κ2) is 9.21. The lowest BCUT2D eigenvalue weighted by molar-refractivity contribution is 0.151. The molecule has 0 unspecified atom stereocenters. The quantitative estimate of drug-likeness (QED) is 0.417. The molecular formula is C20H33IN4. The summed E-state index contributed by atoms with van der Waals surface area (Å²) in [4.78, 5) is 9.30. The number of likely N-dealkylation sites (tertiary alicyclic amines) is 1. The van der Waals surface area contributed by atoms with Crippen LogP contribution in [0.2, 0.25) is 0 Å². The van der Waals surface area contributed by atoms with Crippen molar-refractivity contribution in [2.45, 2.75) is 45.7 Å². The molecule has 1 N–H and O–H groups in total. The van der Waals surface area contributed by atoms with Crippen molar-refractivity contribution in [2.75, 3.05) is 33.7 Å². The Balaban J connectivity index is 0.00000225. The van der Waals surface area contributed by atoms with Crippen molar-refractivity contribution >= 4 is 29.9 Å². The van der Waals surface area contributed by atoms with Gasteiger partial charge < -0.3 is 15.1 Å². The highest BCUT2D eigenvalue weighted by Gasteiger charge is 2.43. The average Bonchev–Trinajstić information content (AvgIpc) is 3.01. The van der Waals surface area contributed by atoms with Gasteiger partial charge in [-0.3, -0.25) is 4.99 Å². The minimum absolute atomic E-state index is 0. The van der Waals surface area contributed by atoms with Crippen molar-refractivity contribution in [1.29, 1.82) is 0 Å². The number of benzene rings is 1. The lowest BCUT2D eigenvalue weighted by atomic mass is 9.68. The van der Waals surface area contributed by atoms with Crippen LogP contribution < -0.4 is 5.32 Å². The van der Waals surface area contributed by atoms with Gasteiger partial charge in [0.1, 0.15) is 0 Å². The summed E-state index contributed by atoms with van der Waals surface area (Å²) in [6, 6.07) is 8.89. The van der Waals surface area contributed by atoms with Crippen molar-refractivity contribution in [3.8, 4) is 0 Å². The van der Waals surface area contributed by atoms with E-state index in [1.54, 1.807) is 0 Å². The van der Waals surface area contributed by atoms with Crippen LogP contribution in [0.25, 0.3) is 0 Å². The number of nitrogens with zero attached hydrogens (tertiary/aromatic N) is 3. The summed E-state index contributed by atoms with van der Waals surface area (Å²) in [5, 5.41) is 3.57. The third-order valence-electron chi connectivity index (χ3n) is 5.80. The highest BCUT2D eigenvalue weighted by Crippen LogP contribution is 2.47. The van der Waals surface area contributed by atoms with Gasteiger partial charge in [-0.2, -0.15) is 0 Å². The molecule has 5 heteroatoms. The van der Waals surface area contributed by atoms with E-state index in [4.69, 9.17) is 0 Å². The van der Waals surface area contributed by atoms with Gasteiger partial charge in [-0.15, -0.1) is 24.0 Å². The molecule has 1 aliphatic heterocycles. The highest BCUT2D eigenvalue weighted by molar-refractivity contribution is 14.0. The minimum Gasteiger partial charge on any atom is -0.352 e. The fourth-order valence-corrected chi connectivity index (χ4v) is 3.98. The normalized spacial score (nSPS) is 19.0. The van der Waals surface area contributed by atoms with E-state index < -0.39 is 0 Å². The first-order valence-corrected chi connectivity index (χ1v) is 9.36. The van der Waals surface area contributed by atoms with Gasteiger partial charge in [-0.05, 0) is 49.4 Å². The second-order valence-corrected chi connectivity index (χ2v) is 7.58. The Labute approximate surface area is 170 Å². The first kappa shape index (κ1) is 20.5. The molecule has 0 bridgehead atoms. The van der Waals surface area contributed by atoms with E-state index in [-0.39, 0.29) is 24.0 Å². The van der Waals surface area contributed by atoms with Gasteiger partial charge >= 0.3 is 0 Å². The van der Waals surface area contributed by atoms with Crippen LogP contribution in [0.3, 0.4) is 0 Å². The number of rotatable bonds is 5. The molecule has 1 spiro atoms. The summed E-state index contributed by atoms with van der Waals surface area (Å²) in [5.41, 5.74) is 3.32. The SMILES string of the molecule is CCN(C)Cc1cccc(CNC(=NC)N2CCC3(CCC3)C2)c1.I. The minimum atomic E-state index is 0. The number of nitrogens with one attached hydrogen (secondary N) is 1. The standard InChI is InChI=1S/C20H32N4.HI/c1-4-23(3)15-18-8-5-7-17(13-18)14-22-19(21-2)24-12-11-20(16-24)9-6-10-20;/h5,7-8,13H,4,6,9-12,14-16H2,1-3H3,(H,21,22);1H. The Morgan fingerprint density at radius 3 is 2.64 bits per heavy atom. The van der Waals surface area contributed by atoms with E-state index in [2.05, 4.69) is 58.3 Å². The van der Waals surface area contributed by atoms with Gasteiger partial charge in [-0.25, -0.2) is 0 Å². The number of hydrogen-bond acceptors (Lipinski definition) is 2. The third kappa shape index (κ3) is 5.09. The van der Waals surface area contributed by atoms with E-state index >= 15 is 0 Å². The van der Waals surface area contributed by atoms with Gasteiger partial charge in [0.15, 0.2) is 5.96 Å². The van der Waals surface area contributed by atoms with Gasteiger partial charge in [0.05, 0.1) is 0 Å². The molecule has 1 aromatic rings. The first-order valence-electron chi connectivity index (χ1n) is 9.36. The Morgan fingerprint density at radius 2 is 2.04 bits per heavy atom. The maximum absolute atomic E-state index is 4.52. The van der Waals surface area contributed by atoms with Crippen LogP contribution in [-0.2, 0) is 13.1 Å². The number of guanidine groups is 1. The largest absolute Gasteiger partial charge is 0.352 e. The average molecular weight is 456 g/mol. The van der Waals surface area contributed by atoms with Crippen molar-refractivity contribution in [3.63, 3.8) is 0 Å². The van der Waals surface area contributed by atoms with Crippen LogP contribution >= 0.6 is 24.0 Å². The van der Waals surface area contributed by atoms with E-state index in [0.29, 0.717) is 5.41 Å². The van der Waals surface area contributed by atoms with Crippen molar-refractivity contribution in [1.82, 2.24) is 15.1 Å². The molecule has 3 rings (SSSR count). The molecule has 25 heavy (non-hydrogen) atoms. The van der Waals surface area contributed by atoms with Crippen LogP contribution in [-0.4, -0.2) is 49.5 Å². The topological polar surface area (TPSA) is 30.9 Å². The van der Waals surface area contributed by atoms with Gasteiger partial charge in [0.2, 0.25) is 0 Å². The molecule has 4 nitrogen and oxygen atoms in total. The monoisotopic (exact) mass is 456 g/mol. The number of hydrogen-bond donors (Lipinski definition) is 1. The molecule has 1 aromatic carbocycles. The summed E-state index contributed by atoms with van der Waals surface area (Å²) in [6.07, 6.45) is 5.58. The Hall–Kier alpha value is -0.820. The fraction of sp³-hybridized carbons (Fsp3) is 0.650. The molecule has 0 aromatic heterocycles. The molecule has 0 atom stereocenters. The van der Waals surface area contributed by atoms with E-state index in [0.717, 1.165) is 32.1 Å². The molecule has 1 saturated heterocycles. The first-order chi connectivity index (χ1) is 11.6. The molecular weight excluding hydrogens is 423 g/mol. The molecule has 2 aliphatic rings. The van der Waals surface area contributed by atoms with E-state index in [9.17, 15) is 0 Å². The zero-order valence-corrected chi connectivity index (χ0v) is 18.3. The van der Waals surface area contributed by atoms with Crippen LogP contribution in [0, 0.1) is 5.41 Å². The summed E-state index contributed by atoms with van der Waals surface area (Å²) >= 11 is 0. The molecule has 0 amide bonds.